The number of hydrogen-bond donors (Lipinski definition) is 1. The number of hydrogen-bond acceptors (Lipinski definition) is 2. The lowest BCUT2D eigenvalue weighted by Gasteiger charge is -2.43. The Morgan fingerprint density at radius 2 is 2.07 bits per heavy atom. The van der Waals surface area contributed by atoms with Crippen LogP contribution in [0.1, 0.15) is 40.0 Å². The highest BCUT2D eigenvalue weighted by atomic mass is 15.1. The van der Waals surface area contributed by atoms with Gasteiger partial charge in [-0.1, -0.05) is 20.8 Å². The molecule has 15 heavy (non-hydrogen) atoms. The number of rotatable bonds is 7. The summed E-state index contributed by atoms with van der Waals surface area (Å²) in [5.74, 6) is 1.68. The van der Waals surface area contributed by atoms with Gasteiger partial charge in [0.1, 0.15) is 0 Å². The van der Waals surface area contributed by atoms with Gasteiger partial charge in [-0.25, -0.2) is 0 Å². The lowest BCUT2D eigenvalue weighted by molar-refractivity contribution is 0.0835. The predicted molar refractivity (Wildman–Crippen MR) is 67.1 cm³/mol. The van der Waals surface area contributed by atoms with Gasteiger partial charge >= 0.3 is 0 Å². The topological polar surface area (TPSA) is 15.3 Å². The summed E-state index contributed by atoms with van der Waals surface area (Å²) < 4.78 is 0. The van der Waals surface area contributed by atoms with Gasteiger partial charge in [0.15, 0.2) is 0 Å². The lowest BCUT2D eigenvalue weighted by atomic mass is 9.78. The molecule has 0 spiro atoms. The van der Waals surface area contributed by atoms with Gasteiger partial charge in [0.05, 0.1) is 0 Å². The van der Waals surface area contributed by atoms with Gasteiger partial charge < -0.3 is 10.2 Å². The molecule has 0 aliphatic heterocycles. The molecule has 2 nitrogen and oxygen atoms in total. The average molecular weight is 212 g/mol. The van der Waals surface area contributed by atoms with E-state index in [9.17, 15) is 0 Å². The van der Waals surface area contributed by atoms with E-state index < -0.39 is 0 Å². The van der Waals surface area contributed by atoms with Crippen molar-refractivity contribution in [3.8, 4) is 0 Å². The molecule has 0 radical (unpaired) electrons. The van der Waals surface area contributed by atoms with Crippen LogP contribution in [0.4, 0.5) is 0 Å². The van der Waals surface area contributed by atoms with Crippen molar-refractivity contribution in [1.82, 2.24) is 10.2 Å². The Balaban J connectivity index is 2.14. The van der Waals surface area contributed by atoms with E-state index >= 15 is 0 Å². The maximum absolute atomic E-state index is 3.59. The van der Waals surface area contributed by atoms with Crippen molar-refractivity contribution in [2.75, 3.05) is 26.7 Å². The van der Waals surface area contributed by atoms with Crippen LogP contribution in [-0.4, -0.2) is 37.6 Å². The Kier molecular flexibility index (Phi) is 5.62. The first-order valence-corrected chi connectivity index (χ1v) is 6.56. The van der Waals surface area contributed by atoms with Crippen molar-refractivity contribution >= 4 is 0 Å². The minimum Gasteiger partial charge on any atom is -0.316 e. The van der Waals surface area contributed by atoms with Gasteiger partial charge in [0, 0.05) is 6.04 Å². The molecule has 0 aromatic rings. The molecule has 0 saturated heterocycles. The average Bonchev–Trinajstić information content (AvgIpc) is 2.10. The second-order valence-corrected chi connectivity index (χ2v) is 5.44. The first-order chi connectivity index (χ1) is 7.15. The zero-order valence-corrected chi connectivity index (χ0v) is 10.9. The van der Waals surface area contributed by atoms with E-state index in [1.807, 2.05) is 0 Å². The Bertz CT molecular complexity index is 168. The standard InChI is InChI=1S/C13H28N2/c1-5-8-15(4)13-7-6-12(13)10-14-9-11(2)3/h11-14H,5-10H2,1-4H3. The maximum atomic E-state index is 3.59. The summed E-state index contributed by atoms with van der Waals surface area (Å²) in [6, 6.07) is 0.851. The minimum absolute atomic E-state index is 0.775. The highest BCUT2D eigenvalue weighted by Gasteiger charge is 2.32. The van der Waals surface area contributed by atoms with Crippen LogP contribution in [0.3, 0.4) is 0 Å². The van der Waals surface area contributed by atoms with Crippen LogP contribution in [0.2, 0.25) is 0 Å². The fraction of sp³-hybridized carbons (Fsp3) is 1.00. The van der Waals surface area contributed by atoms with E-state index in [1.165, 1.54) is 38.9 Å². The Hall–Kier alpha value is -0.0800. The highest BCUT2D eigenvalue weighted by Crippen LogP contribution is 2.30. The minimum atomic E-state index is 0.775. The van der Waals surface area contributed by atoms with Gasteiger partial charge in [-0.15, -0.1) is 0 Å². The summed E-state index contributed by atoms with van der Waals surface area (Å²) in [5, 5.41) is 3.59. The van der Waals surface area contributed by atoms with Gasteiger partial charge in [0.25, 0.3) is 0 Å². The molecule has 1 aliphatic carbocycles. The van der Waals surface area contributed by atoms with E-state index in [0.717, 1.165) is 17.9 Å². The molecular formula is C13H28N2. The summed E-state index contributed by atoms with van der Waals surface area (Å²) in [4.78, 5) is 2.55. The van der Waals surface area contributed by atoms with Gasteiger partial charge in [-0.3, -0.25) is 0 Å². The molecule has 2 atom stereocenters. The fourth-order valence-electron chi connectivity index (χ4n) is 2.45. The maximum Gasteiger partial charge on any atom is 0.0133 e. The normalized spacial score (nSPS) is 26.0. The van der Waals surface area contributed by atoms with Crippen molar-refractivity contribution in [3.63, 3.8) is 0 Å². The molecule has 2 heteroatoms. The summed E-state index contributed by atoms with van der Waals surface area (Å²) in [6.45, 7) is 10.5. The lowest BCUT2D eigenvalue weighted by Crippen LogP contribution is -2.49. The van der Waals surface area contributed by atoms with Crippen molar-refractivity contribution in [2.45, 2.75) is 46.1 Å². The van der Waals surface area contributed by atoms with E-state index in [1.54, 1.807) is 0 Å². The molecule has 0 bridgehead atoms. The Morgan fingerprint density at radius 1 is 1.33 bits per heavy atom. The summed E-state index contributed by atoms with van der Waals surface area (Å²) >= 11 is 0. The van der Waals surface area contributed by atoms with E-state index in [2.05, 4.69) is 38.0 Å². The van der Waals surface area contributed by atoms with E-state index in [4.69, 9.17) is 0 Å². The van der Waals surface area contributed by atoms with Gasteiger partial charge in [0.2, 0.25) is 0 Å². The van der Waals surface area contributed by atoms with Crippen molar-refractivity contribution in [3.05, 3.63) is 0 Å². The zero-order chi connectivity index (χ0) is 11.3. The molecule has 90 valence electrons. The summed E-state index contributed by atoms with van der Waals surface area (Å²) in [6.07, 6.45) is 4.10. The third-order valence-electron chi connectivity index (χ3n) is 3.48. The number of nitrogens with one attached hydrogen (secondary N) is 1. The second kappa shape index (κ2) is 6.49. The monoisotopic (exact) mass is 212 g/mol. The molecule has 0 amide bonds. The van der Waals surface area contributed by atoms with Crippen LogP contribution in [0, 0.1) is 11.8 Å². The van der Waals surface area contributed by atoms with E-state index in [-0.39, 0.29) is 0 Å². The largest absolute Gasteiger partial charge is 0.316 e. The zero-order valence-electron chi connectivity index (χ0n) is 10.9. The predicted octanol–water partition coefficient (Wildman–Crippen LogP) is 2.35. The van der Waals surface area contributed by atoms with Gasteiger partial charge in [-0.05, 0) is 57.8 Å². The SMILES string of the molecule is CCCN(C)C1CCC1CNCC(C)C. The number of nitrogens with zero attached hydrogens (tertiary/aromatic N) is 1. The first kappa shape index (κ1) is 13.0. The fourth-order valence-corrected chi connectivity index (χ4v) is 2.45. The molecule has 1 saturated carbocycles. The van der Waals surface area contributed by atoms with Crippen LogP contribution in [0.25, 0.3) is 0 Å². The van der Waals surface area contributed by atoms with Crippen LogP contribution >= 0.6 is 0 Å². The van der Waals surface area contributed by atoms with Crippen molar-refractivity contribution < 1.29 is 0 Å². The second-order valence-electron chi connectivity index (χ2n) is 5.44. The molecule has 1 aliphatic rings. The van der Waals surface area contributed by atoms with Crippen LogP contribution in [0.5, 0.6) is 0 Å². The molecular weight excluding hydrogens is 184 g/mol. The van der Waals surface area contributed by atoms with Crippen molar-refractivity contribution in [1.29, 1.82) is 0 Å². The third-order valence-corrected chi connectivity index (χ3v) is 3.48. The Labute approximate surface area is 95.4 Å². The molecule has 1 N–H and O–H groups in total. The molecule has 0 heterocycles. The van der Waals surface area contributed by atoms with Crippen LogP contribution < -0.4 is 5.32 Å². The van der Waals surface area contributed by atoms with E-state index in [0.29, 0.717) is 0 Å². The molecule has 1 fully saturated rings. The molecule has 2 unspecified atom stereocenters. The summed E-state index contributed by atoms with van der Waals surface area (Å²) in [5.41, 5.74) is 0. The van der Waals surface area contributed by atoms with Crippen LogP contribution in [-0.2, 0) is 0 Å². The molecule has 1 rings (SSSR count). The Morgan fingerprint density at radius 3 is 2.53 bits per heavy atom. The molecule has 0 aromatic heterocycles. The first-order valence-electron chi connectivity index (χ1n) is 6.56. The van der Waals surface area contributed by atoms with Crippen LogP contribution in [0.15, 0.2) is 0 Å². The summed E-state index contributed by atoms with van der Waals surface area (Å²) in [7, 11) is 2.28. The van der Waals surface area contributed by atoms with Crippen molar-refractivity contribution in [2.24, 2.45) is 11.8 Å². The smallest absolute Gasteiger partial charge is 0.0133 e. The van der Waals surface area contributed by atoms with Gasteiger partial charge in [-0.2, -0.15) is 0 Å². The highest BCUT2D eigenvalue weighted by molar-refractivity contribution is 4.88. The quantitative estimate of drug-likeness (QED) is 0.697. The third kappa shape index (κ3) is 4.12. The molecule has 0 aromatic carbocycles.